The van der Waals surface area contributed by atoms with E-state index >= 15 is 0 Å². The highest BCUT2D eigenvalue weighted by atomic mass is 32.2. The Bertz CT molecular complexity index is 349. The summed E-state index contributed by atoms with van der Waals surface area (Å²) in [5, 5.41) is 3.51. The normalized spacial score (nSPS) is 14.1. The van der Waals surface area contributed by atoms with E-state index in [1.54, 1.807) is 5.29 Å². The second kappa shape index (κ2) is 7.93. The largest absolute Gasteiger partial charge is 0.260 e. The van der Waals surface area contributed by atoms with Gasteiger partial charge in [0.2, 0.25) is 0 Å². The number of nitrogens with zero attached hydrogens (tertiary/aromatic N) is 1. The minimum Gasteiger partial charge on any atom is -0.260 e. The van der Waals surface area contributed by atoms with Crippen molar-refractivity contribution < 1.29 is 0 Å². The predicted octanol–water partition coefficient (Wildman–Crippen LogP) is 6.14. The summed E-state index contributed by atoms with van der Waals surface area (Å²) in [5.41, 5.74) is 1.28. The van der Waals surface area contributed by atoms with Gasteiger partial charge in [-0.2, -0.15) is 0 Å². The molecule has 0 rings (SSSR count). The number of hydrogen-bond acceptors (Lipinski definition) is 2. The van der Waals surface area contributed by atoms with Crippen molar-refractivity contribution in [3.05, 3.63) is 0 Å². The van der Waals surface area contributed by atoms with Crippen LogP contribution in [0, 0.1) is 5.92 Å². The van der Waals surface area contributed by atoms with Gasteiger partial charge in [-0.15, -0.1) is 11.8 Å². The van der Waals surface area contributed by atoms with Crippen LogP contribution in [-0.2, 0) is 0 Å². The van der Waals surface area contributed by atoms with E-state index in [0.29, 0.717) is 22.5 Å². The molecule has 0 saturated carbocycles. The molecule has 0 aliphatic heterocycles. The minimum atomic E-state index is -1.39. The van der Waals surface area contributed by atoms with Gasteiger partial charge in [-0.3, -0.25) is 4.76 Å². The van der Waals surface area contributed by atoms with Crippen molar-refractivity contribution >= 4 is 29.1 Å². The SMILES string of the molecule is CC(C)=P(N=C(SC(C)C)C(C)C)(C(C)C)C(C)C. The molecule has 114 valence electrons. The van der Waals surface area contributed by atoms with Crippen LogP contribution < -0.4 is 0 Å². The van der Waals surface area contributed by atoms with E-state index in [-0.39, 0.29) is 0 Å². The first-order valence-electron chi connectivity index (χ1n) is 7.51. The van der Waals surface area contributed by atoms with Gasteiger partial charge in [0.15, 0.2) is 0 Å². The quantitative estimate of drug-likeness (QED) is 0.337. The van der Waals surface area contributed by atoms with Crippen molar-refractivity contribution in [3.8, 4) is 0 Å². The topological polar surface area (TPSA) is 12.4 Å². The molecule has 0 radical (unpaired) electrons. The number of rotatable bonds is 5. The lowest BCUT2D eigenvalue weighted by molar-refractivity contribution is 0.899. The summed E-state index contributed by atoms with van der Waals surface area (Å²) < 4.78 is 5.40. The van der Waals surface area contributed by atoms with Gasteiger partial charge < -0.3 is 0 Å². The van der Waals surface area contributed by atoms with Crippen molar-refractivity contribution in [1.82, 2.24) is 0 Å². The third-order valence-electron chi connectivity index (χ3n) is 3.41. The molecule has 1 nitrogen and oxygen atoms in total. The Balaban J connectivity index is 5.96. The Labute approximate surface area is 126 Å². The molecular weight excluding hydrogens is 269 g/mol. The van der Waals surface area contributed by atoms with Crippen LogP contribution in [0.3, 0.4) is 0 Å². The van der Waals surface area contributed by atoms with E-state index in [1.165, 1.54) is 5.04 Å². The molecule has 0 spiro atoms. The first-order valence-corrected chi connectivity index (χ1v) is 10.3. The van der Waals surface area contributed by atoms with Crippen LogP contribution in [0.25, 0.3) is 0 Å². The molecule has 0 amide bonds. The molecule has 3 heteroatoms. The highest BCUT2D eigenvalue weighted by Gasteiger charge is 2.28. The predicted molar refractivity (Wildman–Crippen MR) is 98.5 cm³/mol. The lowest BCUT2D eigenvalue weighted by Gasteiger charge is -2.34. The van der Waals surface area contributed by atoms with Crippen LogP contribution in [0.4, 0.5) is 0 Å². The highest BCUT2D eigenvalue weighted by Crippen LogP contribution is 2.60. The fourth-order valence-electron chi connectivity index (χ4n) is 2.64. The van der Waals surface area contributed by atoms with Crippen LogP contribution in [0.15, 0.2) is 4.76 Å². The molecule has 0 aromatic carbocycles. The summed E-state index contributed by atoms with van der Waals surface area (Å²) in [6.07, 6.45) is 0. The van der Waals surface area contributed by atoms with Crippen molar-refractivity contribution in [2.24, 2.45) is 10.7 Å². The third-order valence-corrected chi connectivity index (χ3v) is 9.94. The van der Waals surface area contributed by atoms with Crippen molar-refractivity contribution in [3.63, 3.8) is 0 Å². The Hall–Kier alpha value is 0.320. The molecule has 0 aromatic rings. The van der Waals surface area contributed by atoms with E-state index in [1.807, 2.05) is 11.8 Å². The van der Waals surface area contributed by atoms with Gasteiger partial charge in [-0.25, -0.2) is 0 Å². The zero-order valence-electron chi connectivity index (χ0n) is 14.6. The number of hydrogen-bond donors (Lipinski definition) is 0. The first kappa shape index (κ1) is 19.3. The fraction of sp³-hybridized carbons (Fsp3) is 0.875. The minimum absolute atomic E-state index is 0.531. The maximum absolute atomic E-state index is 5.40. The second-order valence-corrected chi connectivity index (χ2v) is 12.9. The van der Waals surface area contributed by atoms with Gasteiger partial charge in [-0.1, -0.05) is 60.7 Å². The molecule has 0 saturated heterocycles. The highest BCUT2D eigenvalue weighted by molar-refractivity contribution is 8.14. The van der Waals surface area contributed by atoms with Crippen molar-refractivity contribution in [2.45, 2.75) is 85.8 Å². The van der Waals surface area contributed by atoms with Crippen LogP contribution in [0.5, 0.6) is 0 Å². The van der Waals surface area contributed by atoms with E-state index in [9.17, 15) is 0 Å². The zero-order valence-corrected chi connectivity index (χ0v) is 16.3. The van der Waals surface area contributed by atoms with Gasteiger partial charge in [0, 0.05) is 18.2 Å². The zero-order chi connectivity index (χ0) is 15.4. The molecule has 19 heavy (non-hydrogen) atoms. The van der Waals surface area contributed by atoms with E-state index in [4.69, 9.17) is 4.76 Å². The molecule has 0 unspecified atom stereocenters. The summed E-state index contributed by atoms with van der Waals surface area (Å²) in [7, 11) is -1.39. The van der Waals surface area contributed by atoms with Gasteiger partial charge >= 0.3 is 0 Å². The van der Waals surface area contributed by atoms with Crippen LogP contribution in [0.2, 0.25) is 0 Å². The molecule has 0 aromatic heterocycles. The second-order valence-electron chi connectivity index (χ2n) is 6.63. The average molecular weight is 303 g/mol. The molecule has 0 aliphatic rings. The van der Waals surface area contributed by atoms with Crippen LogP contribution in [0.1, 0.15) is 69.2 Å². The van der Waals surface area contributed by atoms with Gasteiger partial charge in [0.1, 0.15) is 0 Å². The van der Waals surface area contributed by atoms with E-state index in [2.05, 4.69) is 69.2 Å². The molecule has 0 heterocycles. The van der Waals surface area contributed by atoms with E-state index < -0.39 is 7.04 Å². The number of thioether (sulfide) groups is 1. The van der Waals surface area contributed by atoms with E-state index in [0.717, 1.165) is 0 Å². The summed E-state index contributed by atoms with van der Waals surface area (Å²) >= 11 is 1.95. The maximum atomic E-state index is 5.40. The lowest BCUT2D eigenvalue weighted by atomic mass is 10.2. The maximum Gasteiger partial charge on any atom is 0.0747 e. The molecule has 0 N–H and O–H groups in total. The Kier molecular flexibility index (Phi) is 8.07. The fourth-order valence-corrected chi connectivity index (χ4v) is 8.47. The molecule has 0 fully saturated rings. The van der Waals surface area contributed by atoms with Crippen molar-refractivity contribution in [1.29, 1.82) is 0 Å². The third kappa shape index (κ3) is 4.97. The standard InChI is InChI=1S/C16H34NPS/c1-11(2)16(19-15(9)10)17-18(12(3)4,13(5)6)14(7)8/h11-13,15H,1-10H3. The molecular formula is C16H34NPS. The van der Waals surface area contributed by atoms with Gasteiger partial charge in [-0.05, 0) is 25.2 Å². The average Bonchev–Trinajstić information content (AvgIpc) is 2.21. The smallest absolute Gasteiger partial charge is 0.0747 e. The summed E-state index contributed by atoms with van der Waals surface area (Å²) in [4.78, 5) is 0. The molecule has 0 bridgehead atoms. The monoisotopic (exact) mass is 303 g/mol. The van der Waals surface area contributed by atoms with Gasteiger partial charge in [0.25, 0.3) is 0 Å². The first-order chi connectivity index (χ1) is 8.55. The molecule has 0 aliphatic carbocycles. The Morgan fingerprint density at radius 2 is 1.26 bits per heavy atom. The summed E-state index contributed by atoms with van der Waals surface area (Å²) in [5.74, 6) is 0.531. The van der Waals surface area contributed by atoms with Gasteiger partial charge in [0.05, 0.1) is 5.04 Å². The van der Waals surface area contributed by atoms with Crippen molar-refractivity contribution in [2.75, 3.05) is 0 Å². The lowest BCUT2D eigenvalue weighted by Crippen LogP contribution is -2.16. The van der Waals surface area contributed by atoms with Crippen LogP contribution >= 0.6 is 18.8 Å². The Morgan fingerprint density at radius 3 is 1.47 bits per heavy atom. The molecule has 0 atom stereocenters. The van der Waals surface area contributed by atoms with Crippen LogP contribution in [-0.4, -0.2) is 26.9 Å². The Morgan fingerprint density at radius 1 is 0.842 bits per heavy atom. The summed E-state index contributed by atoms with van der Waals surface area (Å²) in [6, 6.07) is 0. The summed E-state index contributed by atoms with van der Waals surface area (Å²) in [6.45, 7) is 23.0.